The normalized spacial score (nSPS) is 18.7. The minimum atomic E-state index is 0.000315. The van der Waals surface area contributed by atoms with Gasteiger partial charge in [0.25, 0.3) is 0 Å². The zero-order chi connectivity index (χ0) is 28.7. The van der Waals surface area contributed by atoms with E-state index in [0.29, 0.717) is 0 Å². The maximum absolute atomic E-state index is 6.27. The minimum Gasteiger partial charge on any atom is -0.458 e. The van der Waals surface area contributed by atoms with Crippen molar-refractivity contribution in [3.05, 3.63) is 131 Å². The molecule has 0 radical (unpaired) electrons. The molecule has 214 valence electrons. The highest BCUT2D eigenvalue weighted by molar-refractivity contribution is 5.49. The van der Waals surface area contributed by atoms with Crippen LogP contribution in [0.1, 0.15) is 35.0 Å². The van der Waals surface area contributed by atoms with Crippen LogP contribution in [0, 0.1) is 19.8 Å². The van der Waals surface area contributed by atoms with Gasteiger partial charge >= 0.3 is 0 Å². The van der Waals surface area contributed by atoms with E-state index in [2.05, 4.69) is 118 Å². The van der Waals surface area contributed by atoms with Crippen LogP contribution in [0.5, 0.6) is 5.75 Å². The number of benzene rings is 3. The smallest absolute Gasteiger partial charge is 0.174 e. The third-order valence-electron chi connectivity index (χ3n) is 8.14. The van der Waals surface area contributed by atoms with E-state index in [1.807, 2.05) is 35.0 Å². The number of rotatable bonds is 9. The molecule has 3 aromatic carbocycles. The predicted octanol–water partition coefficient (Wildman–Crippen LogP) is 6.19. The number of nitrogens with zero attached hydrogens (tertiary/aromatic N) is 6. The lowest BCUT2D eigenvalue weighted by molar-refractivity contribution is 0.0778. The lowest BCUT2D eigenvalue weighted by Gasteiger charge is -2.41. The predicted molar refractivity (Wildman–Crippen MR) is 167 cm³/mol. The first-order valence-electron chi connectivity index (χ1n) is 14.8. The van der Waals surface area contributed by atoms with E-state index in [0.717, 1.165) is 73.3 Å². The number of hydrogen-bond acceptors (Lipinski definition) is 6. The Bertz CT molecular complexity index is 1530. The molecule has 0 N–H and O–H groups in total. The Morgan fingerprint density at radius 2 is 1.60 bits per heavy atom. The standard InChI is InChI=1S/C35H38N6O/c1-27-12-9-13-28(2)33(27)41-35(36-37-38-41)34(30-17-10-20-32(26-30)42-31-18-7-4-8-19-31)40-24-22-39(23-25-40)21-11-16-29-14-5-3-6-15-29/h3-16,18-20,26,30,34H,17,21-25H2,1-2H3/b16-11+/t30?,34-/m0/s1. The van der Waals surface area contributed by atoms with Crippen molar-refractivity contribution in [2.45, 2.75) is 26.3 Å². The van der Waals surface area contributed by atoms with Crippen LogP contribution in [-0.4, -0.2) is 62.7 Å². The topological polar surface area (TPSA) is 59.3 Å². The molecule has 0 saturated carbocycles. The van der Waals surface area contributed by atoms with Crippen LogP contribution in [0.3, 0.4) is 0 Å². The Morgan fingerprint density at radius 3 is 2.33 bits per heavy atom. The molecule has 1 aliphatic heterocycles. The Morgan fingerprint density at radius 1 is 0.881 bits per heavy atom. The summed E-state index contributed by atoms with van der Waals surface area (Å²) in [5.41, 5.74) is 4.61. The van der Waals surface area contributed by atoms with Gasteiger partial charge in [0.15, 0.2) is 5.82 Å². The molecule has 0 bridgehead atoms. The molecular weight excluding hydrogens is 520 g/mol. The van der Waals surface area contributed by atoms with Crippen LogP contribution < -0.4 is 4.74 Å². The number of hydrogen-bond donors (Lipinski definition) is 0. The van der Waals surface area contributed by atoms with Gasteiger partial charge in [-0.05, 0) is 71.7 Å². The molecule has 1 aromatic heterocycles. The fraction of sp³-hybridized carbons (Fsp3) is 0.286. The number of para-hydroxylation sites is 2. The minimum absolute atomic E-state index is 0.000315. The molecule has 0 spiro atoms. The van der Waals surface area contributed by atoms with Crippen LogP contribution >= 0.6 is 0 Å². The highest BCUT2D eigenvalue weighted by Crippen LogP contribution is 2.36. The van der Waals surface area contributed by atoms with Gasteiger partial charge < -0.3 is 4.74 Å². The molecule has 42 heavy (non-hydrogen) atoms. The van der Waals surface area contributed by atoms with E-state index >= 15 is 0 Å². The summed E-state index contributed by atoms with van der Waals surface area (Å²) in [7, 11) is 0. The summed E-state index contributed by atoms with van der Waals surface area (Å²) in [5.74, 6) is 2.73. The molecule has 1 fully saturated rings. The maximum atomic E-state index is 6.27. The van der Waals surface area contributed by atoms with Crippen molar-refractivity contribution < 1.29 is 4.74 Å². The van der Waals surface area contributed by atoms with Crippen molar-refractivity contribution in [1.29, 1.82) is 0 Å². The number of ether oxygens (including phenoxy) is 1. The third-order valence-corrected chi connectivity index (χ3v) is 8.14. The van der Waals surface area contributed by atoms with Crippen LogP contribution in [0.4, 0.5) is 0 Å². The molecule has 1 aliphatic carbocycles. The summed E-state index contributed by atoms with van der Waals surface area (Å²) >= 11 is 0. The largest absolute Gasteiger partial charge is 0.458 e. The molecule has 6 rings (SSSR count). The van der Waals surface area contributed by atoms with Crippen molar-refractivity contribution in [1.82, 2.24) is 30.0 Å². The average molecular weight is 559 g/mol. The molecule has 2 heterocycles. The summed E-state index contributed by atoms with van der Waals surface area (Å²) in [6.45, 7) is 9.03. The molecular formula is C35H38N6O. The number of tetrazole rings is 1. The number of aromatic nitrogens is 4. The second-order valence-electron chi connectivity index (χ2n) is 11.1. The van der Waals surface area contributed by atoms with Crippen molar-refractivity contribution in [3.63, 3.8) is 0 Å². The molecule has 4 aromatic rings. The Balaban J connectivity index is 1.26. The second kappa shape index (κ2) is 13.1. The van der Waals surface area contributed by atoms with Crippen LogP contribution in [0.15, 0.2) is 109 Å². The lowest BCUT2D eigenvalue weighted by atomic mass is 9.89. The van der Waals surface area contributed by atoms with Gasteiger partial charge in [0.1, 0.15) is 11.5 Å². The molecule has 2 aliphatic rings. The molecule has 2 atom stereocenters. The molecule has 7 nitrogen and oxygen atoms in total. The summed E-state index contributed by atoms with van der Waals surface area (Å²) in [5, 5.41) is 13.4. The van der Waals surface area contributed by atoms with E-state index in [1.165, 1.54) is 5.56 Å². The zero-order valence-corrected chi connectivity index (χ0v) is 24.4. The lowest BCUT2D eigenvalue weighted by Crippen LogP contribution is -2.49. The van der Waals surface area contributed by atoms with E-state index in [-0.39, 0.29) is 12.0 Å². The molecule has 7 heteroatoms. The Hall–Kier alpha value is -4.33. The van der Waals surface area contributed by atoms with Gasteiger partial charge in [-0.15, -0.1) is 5.10 Å². The van der Waals surface area contributed by atoms with Gasteiger partial charge in [-0.2, -0.15) is 4.68 Å². The fourth-order valence-corrected chi connectivity index (χ4v) is 6.02. The highest BCUT2D eigenvalue weighted by atomic mass is 16.5. The van der Waals surface area contributed by atoms with Gasteiger partial charge in [-0.1, -0.05) is 85.0 Å². The van der Waals surface area contributed by atoms with E-state index < -0.39 is 0 Å². The SMILES string of the molecule is Cc1cccc(C)c1-n1nnnc1[C@H](C1C=C(Oc2ccccc2)C=CC1)N1CCN(C/C=C/c2ccccc2)CC1. The van der Waals surface area contributed by atoms with Crippen LogP contribution in [0.2, 0.25) is 0 Å². The Kier molecular flexibility index (Phi) is 8.68. The van der Waals surface area contributed by atoms with Crippen LogP contribution in [-0.2, 0) is 0 Å². The number of piperazine rings is 1. The summed E-state index contributed by atoms with van der Waals surface area (Å²) in [6.07, 6.45) is 11.9. The van der Waals surface area contributed by atoms with Crippen molar-refractivity contribution in [2.24, 2.45) is 5.92 Å². The number of aryl methyl sites for hydroxylation is 2. The van der Waals surface area contributed by atoms with Crippen molar-refractivity contribution in [2.75, 3.05) is 32.7 Å². The van der Waals surface area contributed by atoms with Gasteiger partial charge in [-0.3, -0.25) is 9.80 Å². The first-order valence-corrected chi connectivity index (χ1v) is 14.8. The van der Waals surface area contributed by atoms with E-state index in [1.54, 1.807) is 0 Å². The second-order valence-corrected chi connectivity index (χ2v) is 11.1. The van der Waals surface area contributed by atoms with Gasteiger partial charge in [-0.25, -0.2) is 0 Å². The molecule has 1 saturated heterocycles. The third kappa shape index (κ3) is 6.43. The van der Waals surface area contributed by atoms with E-state index in [4.69, 9.17) is 4.74 Å². The molecule has 1 unspecified atom stereocenters. The number of allylic oxidation sites excluding steroid dienone is 2. The first kappa shape index (κ1) is 27.8. The van der Waals surface area contributed by atoms with Gasteiger partial charge in [0, 0.05) is 38.6 Å². The monoisotopic (exact) mass is 558 g/mol. The summed E-state index contributed by atoms with van der Waals surface area (Å²) < 4.78 is 8.24. The maximum Gasteiger partial charge on any atom is 0.174 e. The molecule has 0 amide bonds. The van der Waals surface area contributed by atoms with E-state index in [9.17, 15) is 0 Å². The van der Waals surface area contributed by atoms with Gasteiger partial charge in [0.2, 0.25) is 0 Å². The quantitative estimate of drug-likeness (QED) is 0.244. The van der Waals surface area contributed by atoms with Crippen molar-refractivity contribution in [3.8, 4) is 11.4 Å². The summed E-state index contributed by atoms with van der Waals surface area (Å²) in [6, 6.07) is 26.8. The zero-order valence-electron chi connectivity index (χ0n) is 24.4. The average Bonchev–Trinajstić information content (AvgIpc) is 3.48. The fourth-order valence-electron chi connectivity index (χ4n) is 6.02. The first-order chi connectivity index (χ1) is 20.7. The Labute approximate surface area is 248 Å². The van der Waals surface area contributed by atoms with Crippen molar-refractivity contribution >= 4 is 6.08 Å². The summed E-state index contributed by atoms with van der Waals surface area (Å²) in [4.78, 5) is 5.08. The highest BCUT2D eigenvalue weighted by Gasteiger charge is 2.35. The van der Waals surface area contributed by atoms with Crippen LogP contribution in [0.25, 0.3) is 11.8 Å². The van der Waals surface area contributed by atoms with Gasteiger partial charge in [0.05, 0.1) is 11.7 Å².